The Morgan fingerprint density at radius 3 is 2.67 bits per heavy atom. The average molecular weight is 360 g/mol. The van der Waals surface area contributed by atoms with Gasteiger partial charge in [-0.2, -0.15) is 0 Å². The summed E-state index contributed by atoms with van der Waals surface area (Å²) < 4.78 is 18.8. The second-order valence-electron chi connectivity index (χ2n) is 6.74. The molecule has 0 fully saturated rings. The van der Waals surface area contributed by atoms with Gasteiger partial charge in [-0.1, -0.05) is 30.3 Å². The molecule has 5 heteroatoms. The number of nitrogens with zero attached hydrogens (tertiary/aromatic N) is 1. The first-order chi connectivity index (χ1) is 13.2. The van der Waals surface area contributed by atoms with E-state index >= 15 is 0 Å². The van der Waals surface area contributed by atoms with E-state index in [1.807, 2.05) is 18.2 Å². The van der Waals surface area contributed by atoms with E-state index in [9.17, 15) is 9.18 Å². The molecule has 0 radical (unpaired) electrons. The number of H-pyrrole nitrogens is 1. The van der Waals surface area contributed by atoms with Crippen LogP contribution >= 0.6 is 0 Å². The van der Waals surface area contributed by atoms with Crippen LogP contribution in [0.15, 0.2) is 71.3 Å². The molecule has 4 aromatic rings. The van der Waals surface area contributed by atoms with Gasteiger partial charge in [0.05, 0.1) is 12.3 Å². The van der Waals surface area contributed by atoms with Crippen molar-refractivity contribution in [1.29, 1.82) is 0 Å². The molecule has 1 aliphatic heterocycles. The van der Waals surface area contributed by atoms with Gasteiger partial charge < -0.3 is 14.3 Å². The van der Waals surface area contributed by atoms with Crippen molar-refractivity contribution in [1.82, 2.24) is 9.88 Å². The van der Waals surface area contributed by atoms with Crippen molar-refractivity contribution in [2.75, 3.05) is 6.54 Å². The lowest BCUT2D eigenvalue weighted by atomic mass is 9.92. The fourth-order valence-electron chi connectivity index (χ4n) is 3.99. The molecule has 1 N–H and O–H groups in total. The Hall–Kier alpha value is -3.34. The normalized spacial score (nSPS) is 16.5. The molecule has 4 nitrogen and oxygen atoms in total. The van der Waals surface area contributed by atoms with Crippen LogP contribution in [0.4, 0.5) is 4.39 Å². The minimum absolute atomic E-state index is 0.168. The number of benzene rings is 2. The topological polar surface area (TPSA) is 49.2 Å². The van der Waals surface area contributed by atoms with E-state index in [2.05, 4.69) is 11.1 Å². The summed E-state index contributed by atoms with van der Waals surface area (Å²) >= 11 is 0. The number of furan rings is 1. The van der Waals surface area contributed by atoms with E-state index in [0.29, 0.717) is 12.3 Å². The van der Waals surface area contributed by atoms with Gasteiger partial charge in [-0.15, -0.1) is 0 Å². The van der Waals surface area contributed by atoms with Crippen LogP contribution in [0.2, 0.25) is 0 Å². The molecule has 0 bridgehead atoms. The summed E-state index contributed by atoms with van der Waals surface area (Å²) in [7, 11) is 0. The summed E-state index contributed by atoms with van der Waals surface area (Å²) in [5, 5.41) is 1.17. The second-order valence-corrected chi connectivity index (χ2v) is 6.74. The second kappa shape index (κ2) is 6.13. The molecular formula is C22H17FN2O2. The highest BCUT2D eigenvalue weighted by atomic mass is 19.1. The number of fused-ring (bicyclic) bond motifs is 3. The van der Waals surface area contributed by atoms with Crippen LogP contribution in [0, 0.1) is 5.82 Å². The summed E-state index contributed by atoms with van der Waals surface area (Å²) in [6.07, 6.45) is 2.25. The molecule has 5 rings (SSSR count). The highest BCUT2D eigenvalue weighted by molar-refractivity contribution is 5.93. The zero-order valence-electron chi connectivity index (χ0n) is 14.5. The molecule has 0 aliphatic carbocycles. The van der Waals surface area contributed by atoms with E-state index in [1.165, 1.54) is 29.3 Å². The van der Waals surface area contributed by atoms with Crippen LogP contribution in [0.25, 0.3) is 10.9 Å². The highest BCUT2D eigenvalue weighted by Gasteiger charge is 2.35. The van der Waals surface area contributed by atoms with Crippen LogP contribution in [0.5, 0.6) is 0 Å². The zero-order valence-corrected chi connectivity index (χ0v) is 14.5. The summed E-state index contributed by atoms with van der Waals surface area (Å²) in [5.41, 5.74) is 4.10. The standard InChI is InChI=1S/C22H17FN2O2/c23-15-9-7-14(8-10-15)21-20-17(16-4-1-2-5-18(16)24-20)11-12-25(21)22(26)19-6-3-13-27-19/h1-10,13,21,24H,11-12H2/t21-/m1/s1. The van der Waals surface area contributed by atoms with Crippen molar-refractivity contribution < 1.29 is 13.6 Å². The van der Waals surface area contributed by atoms with Crippen LogP contribution in [0.1, 0.15) is 33.4 Å². The van der Waals surface area contributed by atoms with Crippen molar-refractivity contribution >= 4 is 16.8 Å². The molecule has 0 saturated carbocycles. The molecule has 134 valence electrons. The number of nitrogens with one attached hydrogen (secondary N) is 1. The third kappa shape index (κ3) is 2.54. The number of rotatable bonds is 2. The maximum Gasteiger partial charge on any atom is 0.290 e. The first-order valence-corrected chi connectivity index (χ1v) is 8.92. The van der Waals surface area contributed by atoms with Gasteiger partial charge in [0.2, 0.25) is 0 Å². The number of aromatic amines is 1. The molecule has 27 heavy (non-hydrogen) atoms. The number of aromatic nitrogens is 1. The van der Waals surface area contributed by atoms with Crippen molar-refractivity contribution in [3.63, 3.8) is 0 Å². The van der Waals surface area contributed by atoms with E-state index < -0.39 is 0 Å². The van der Waals surface area contributed by atoms with Crippen molar-refractivity contribution in [3.05, 3.63) is 95.3 Å². The Morgan fingerprint density at radius 1 is 1.07 bits per heavy atom. The molecule has 1 aliphatic rings. The maximum atomic E-state index is 13.5. The van der Waals surface area contributed by atoms with E-state index in [0.717, 1.165) is 23.2 Å². The lowest BCUT2D eigenvalue weighted by Gasteiger charge is -2.35. The monoisotopic (exact) mass is 360 g/mol. The zero-order chi connectivity index (χ0) is 18.4. The van der Waals surface area contributed by atoms with Crippen molar-refractivity contribution in [3.8, 4) is 0 Å². The molecular weight excluding hydrogens is 343 g/mol. The molecule has 0 saturated heterocycles. The number of hydrogen-bond acceptors (Lipinski definition) is 2. The molecule has 2 aromatic carbocycles. The van der Waals surface area contributed by atoms with Gasteiger partial charge in [0, 0.05) is 23.1 Å². The van der Waals surface area contributed by atoms with Crippen LogP contribution in [-0.2, 0) is 6.42 Å². The molecule has 0 unspecified atom stereocenters. The number of carbonyl (C=O) groups excluding carboxylic acids is 1. The Kier molecular flexibility index (Phi) is 3.60. The minimum atomic E-state index is -0.320. The molecule has 1 atom stereocenters. The van der Waals surface area contributed by atoms with Gasteiger partial charge in [0.25, 0.3) is 5.91 Å². The van der Waals surface area contributed by atoms with Gasteiger partial charge in [-0.25, -0.2) is 4.39 Å². The third-order valence-electron chi connectivity index (χ3n) is 5.21. The van der Waals surface area contributed by atoms with E-state index in [1.54, 1.807) is 29.2 Å². The number of halogens is 1. The van der Waals surface area contributed by atoms with Crippen molar-refractivity contribution in [2.24, 2.45) is 0 Å². The summed E-state index contributed by atoms with van der Waals surface area (Å²) in [4.78, 5) is 18.4. The lowest BCUT2D eigenvalue weighted by Crippen LogP contribution is -2.40. The smallest absolute Gasteiger partial charge is 0.290 e. The fraction of sp³-hybridized carbons (Fsp3) is 0.136. The summed E-state index contributed by atoms with van der Waals surface area (Å²) in [6.45, 7) is 0.566. The van der Waals surface area contributed by atoms with Gasteiger partial charge in [-0.05, 0) is 47.9 Å². The first-order valence-electron chi connectivity index (χ1n) is 8.92. The predicted molar refractivity (Wildman–Crippen MR) is 100.0 cm³/mol. The molecule has 3 heterocycles. The summed E-state index contributed by atoms with van der Waals surface area (Å²) in [5.74, 6) is -0.157. The number of para-hydroxylation sites is 1. The predicted octanol–water partition coefficient (Wildman–Crippen LogP) is 4.69. The Bertz CT molecular complexity index is 1110. The molecule has 0 spiro atoms. The fourth-order valence-corrected chi connectivity index (χ4v) is 3.99. The first kappa shape index (κ1) is 15.9. The quantitative estimate of drug-likeness (QED) is 0.564. The highest BCUT2D eigenvalue weighted by Crippen LogP contribution is 2.39. The molecule has 1 amide bonds. The van der Waals surface area contributed by atoms with E-state index in [-0.39, 0.29) is 17.8 Å². The largest absolute Gasteiger partial charge is 0.459 e. The summed E-state index contributed by atoms with van der Waals surface area (Å²) in [6, 6.07) is 17.5. The van der Waals surface area contributed by atoms with Crippen molar-refractivity contribution in [2.45, 2.75) is 12.5 Å². The van der Waals surface area contributed by atoms with Gasteiger partial charge in [-0.3, -0.25) is 4.79 Å². The van der Waals surface area contributed by atoms with Gasteiger partial charge >= 0.3 is 0 Å². The van der Waals surface area contributed by atoms with Crippen LogP contribution in [0.3, 0.4) is 0 Å². The maximum absolute atomic E-state index is 13.5. The third-order valence-corrected chi connectivity index (χ3v) is 5.21. The SMILES string of the molecule is O=C(c1ccco1)N1CCc2c([nH]c3ccccc23)[C@H]1c1ccc(F)cc1. The van der Waals surface area contributed by atoms with Crippen LogP contribution < -0.4 is 0 Å². The van der Waals surface area contributed by atoms with Gasteiger partial charge in [0.15, 0.2) is 5.76 Å². The Morgan fingerprint density at radius 2 is 1.89 bits per heavy atom. The molecule has 2 aromatic heterocycles. The average Bonchev–Trinajstić information content (AvgIpc) is 3.35. The van der Waals surface area contributed by atoms with E-state index in [4.69, 9.17) is 4.42 Å². The number of amides is 1. The number of hydrogen-bond donors (Lipinski definition) is 1. The minimum Gasteiger partial charge on any atom is -0.459 e. The van der Waals surface area contributed by atoms with Gasteiger partial charge in [0.1, 0.15) is 5.82 Å². The van der Waals surface area contributed by atoms with Crippen LogP contribution in [-0.4, -0.2) is 22.3 Å². The lowest BCUT2D eigenvalue weighted by molar-refractivity contribution is 0.0659. The Balaban J connectivity index is 1.68. The Labute approximate surface area is 155 Å². The number of carbonyl (C=O) groups is 1.